The lowest BCUT2D eigenvalue weighted by Gasteiger charge is -2.24. The topological polar surface area (TPSA) is 68.4 Å². The number of aromatic nitrogens is 2. The lowest BCUT2D eigenvalue weighted by molar-refractivity contribution is -0.0149. The average molecular weight is 240 g/mol. The van der Waals surface area contributed by atoms with E-state index in [1.807, 2.05) is 0 Å². The minimum absolute atomic E-state index is 0.128. The molecule has 0 aromatic carbocycles. The van der Waals surface area contributed by atoms with Crippen LogP contribution in [0.4, 0.5) is 0 Å². The molecule has 2 rings (SSSR count). The number of aliphatic hydroxyl groups is 1. The van der Waals surface area contributed by atoms with Crippen molar-refractivity contribution in [1.82, 2.24) is 10.1 Å². The molecule has 0 aliphatic carbocycles. The van der Waals surface area contributed by atoms with Crippen molar-refractivity contribution in [2.24, 2.45) is 5.41 Å². The van der Waals surface area contributed by atoms with Crippen LogP contribution in [0.25, 0.3) is 0 Å². The van der Waals surface area contributed by atoms with Crippen molar-refractivity contribution in [1.29, 1.82) is 0 Å². The summed E-state index contributed by atoms with van der Waals surface area (Å²) < 4.78 is 10.5. The van der Waals surface area contributed by atoms with Gasteiger partial charge in [0.25, 0.3) is 0 Å². The maximum atomic E-state index is 9.86. The van der Waals surface area contributed by atoms with E-state index in [0.29, 0.717) is 31.3 Å². The molecule has 1 aromatic heterocycles. The summed E-state index contributed by atoms with van der Waals surface area (Å²) in [5.41, 5.74) is 0.128. The first-order valence-electron chi connectivity index (χ1n) is 6.04. The number of hydrogen-bond acceptors (Lipinski definition) is 5. The van der Waals surface area contributed by atoms with Crippen LogP contribution in [0.3, 0.4) is 0 Å². The van der Waals surface area contributed by atoms with Crippen LogP contribution in [-0.2, 0) is 11.2 Å². The van der Waals surface area contributed by atoms with Gasteiger partial charge in [0.05, 0.1) is 18.6 Å². The monoisotopic (exact) mass is 240 g/mol. The zero-order valence-corrected chi connectivity index (χ0v) is 10.6. The van der Waals surface area contributed by atoms with Crippen LogP contribution >= 0.6 is 0 Å². The first-order chi connectivity index (χ1) is 7.96. The molecule has 0 bridgehead atoms. The smallest absolute Gasteiger partial charge is 0.234 e. The van der Waals surface area contributed by atoms with Gasteiger partial charge < -0.3 is 14.4 Å². The van der Waals surface area contributed by atoms with Gasteiger partial charge in [-0.25, -0.2) is 0 Å². The summed E-state index contributed by atoms with van der Waals surface area (Å²) >= 11 is 0. The Bertz CT molecular complexity index is 370. The van der Waals surface area contributed by atoms with Crippen LogP contribution in [0.5, 0.6) is 0 Å². The van der Waals surface area contributed by atoms with Gasteiger partial charge in [0.2, 0.25) is 5.89 Å². The van der Waals surface area contributed by atoms with E-state index < -0.39 is 6.10 Å². The van der Waals surface area contributed by atoms with Crippen molar-refractivity contribution >= 4 is 0 Å². The highest BCUT2D eigenvalue weighted by Gasteiger charge is 2.30. The lowest BCUT2D eigenvalue weighted by Crippen LogP contribution is -2.30. The second-order valence-corrected chi connectivity index (χ2v) is 5.82. The van der Waals surface area contributed by atoms with Crippen molar-refractivity contribution < 1.29 is 14.4 Å². The second kappa shape index (κ2) is 4.74. The van der Waals surface area contributed by atoms with Crippen molar-refractivity contribution in [3.63, 3.8) is 0 Å². The second-order valence-electron chi connectivity index (χ2n) is 5.82. The molecule has 1 aromatic rings. The highest BCUT2D eigenvalue weighted by molar-refractivity contribution is 4.99. The molecule has 1 aliphatic rings. The van der Waals surface area contributed by atoms with E-state index in [1.54, 1.807) is 0 Å². The van der Waals surface area contributed by atoms with Gasteiger partial charge in [-0.05, 0) is 11.8 Å². The van der Waals surface area contributed by atoms with Gasteiger partial charge in [-0.15, -0.1) is 0 Å². The molecule has 5 nitrogen and oxygen atoms in total. The van der Waals surface area contributed by atoms with Crippen LogP contribution in [0.1, 0.15) is 44.8 Å². The van der Waals surface area contributed by atoms with Crippen LogP contribution in [0, 0.1) is 5.41 Å². The highest BCUT2D eigenvalue weighted by Crippen LogP contribution is 2.26. The van der Waals surface area contributed by atoms with E-state index in [1.165, 1.54) is 0 Å². The fourth-order valence-corrected chi connectivity index (χ4v) is 1.93. The Morgan fingerprint density at radius 3 is 2.82 bits per heavy atom. The number of rotatable bonds is 2. The third kappa shape index (κ3) is 3.26. The summed E-state index contributed by atoms with van der Waals surface area (Å²) in [5, 5.41) is 13.8. The number of hydrogen-bond donors (Lipinski definition) is 1. The Balaban J connectivity index is 2.07. The quantitative estimate of drug-likeness (QED) is 0.849. The fourth-order valence-electron chi connectivity index (χ4n) is 1.93. The zero-order valence-electron chi connectivity index (χ0n) is 10.6. The van der Waals surface area contributed by atoms with E-state index >= 15 is 0 Å². The molecule has 0 spiro atoms. The van der Waals surface area contributed by atoms with E-state index in [4.69, 9.17) is 9.26 Å². The molecule has 2 unspecified atom stereocenters. The van der Waals surface area contributed by atoms with E-state index in [0.717, 1.165) is 6.42 Å². The minimum atomic E-state index is -0.438. The van der Waals surface area contributed by atoms with Gasteiger partial charge in [0.1, 0.15) is 0 Å². The van der Waals surface area contributed by atoms with Crippen LogP contribution in [0.2, 0.25) is 0 Å². The Labute approximate surface area is 101 Å². The molecule has 1 fully saturated rings. The zero-order chi connectivity index (χ0) is 12.5. The molecule has 1 aliphatic heterocycles. The molecule has 2 heterocycles. The van der Waals surface area contributed by atoms with Gasteiger partial charge in [0.15, 0.2) is 5.82 Å². The molecule has 1 N–H and O–H groups in total. The predicted molar refractivity (Wildman–Crippen MR) is 61.6 cm³/mol. The van der Waals surface area contributed by atoms with Crippen molar-refractivity contribution in [2.75, 3.05) is 13.2 Å². The molecular formula is C12H20N2O3. The Hall–Kier alpha value is -0.940. The largest absolute Gasteiger partial charge is 0.392 e. The van der Waals surface area contributed by atoms with Gasteiger partial charge in [0, 0.05) is 13.0 Å². The first kappa shape index (κ1) is 12.5. The molecule has 2 atom stereocenters. The molecule has 5 heteroatoms. The first-order valence-corrected chi connectivity index (χ1v) is 6.04. The fraction of sp³-hybridized carbons (Fsp3) is 0.833. The normalized spacial score (nSPS) is 26.1. The molecular weight excluding hydrogens is 220 g/mol. The van der Waals surface area contributed by atoms with E-state index in [9.17, 15) is 5.11 Å². The van der Waals surface area contributed by atoms with E-state index in [2.05, 4.69) is 30.9 Å². The van der Waals surface area contributed by atoms with Crippen LogP contribution < -0.4 is 0 Å². The standard InChI is InChI=1S/C12H20N2O3/c1-12(2,3)6-10-13-11(17-14-10)8-7-16-5-4-9(8)15/h8-9,15H,4-7H2,1-3H3. The third-order valence-electron chi connectivity index (χ3n) is 2.81. The average Bonchev–Trinajstić information content (AvgIpc) is 2.64. The summed E-state index contributed by atoms with van der Waals surface area (Å²) in [6, 6.07) is 0. The molecule has 0 amide bonds. The summed E-state index contributed by atoms with van der Waals surface area (Å²) in [4.78, 5) is 4.35. The van der Waals surface area contributed by atoms with Crippen molar-refractivity contribution in [3.8, 4) is 0 Å². The number of nitrogens with zero attached hydrogens (tertiary/aromatic N) is 2. The van der Waals surface area contributed by atoms with Gasteiger partial charge in [-0.3, -0.25) is 0 Å². The summed E-state index contributed by atoms with van der Waals surface area (Å²) in [7, 11) is 0. The molecule has 1 saturated heterocycles. The summed E-state index contributed by atoms with van der Waals surface area (Å²) in [5.74, 6) is 1.02. The summed E-state index contributed by atoms with van der Waals surface area (Å²) in [6.45, 7) is 7.43. The van der Waals surface area contributed by atoms with Crippen molar-refractivity contribution in [3.05, 3.63) is 11.7 Å². The molecule has 96 valence electrons. The van der Waals surface area contributed by atoms with Crippen molar-refractivity contribution in [2.45, 2.75) is 45.6 Å². The molecule has 0 radical (unpaired) electrons. The van der Waals surface area contributed by atoms with Crippen LogP contribution in [0.15, 0.2) is 4.52 Å². The predicted octanol–water partition coefficient (Wildman–Crippen LogP) is 1.52. The Morgan fingerprint density at radius 1 is 1.41 bits per heavy atom. The Kier molecular flexibility index (Phi) is 3.49. The molecule has 0 saturated carbocycles. The third-order valence-corrected chi connectivity index (χ3v) is 2.81. The maximum Gasteiger partial charge on any atom is 0.234 e. The van der Waals surface area contributed by atoms with Gasteiger partial charge in [-0.1, -0.05) is 25.9 Å². The SMILES string of the molecule is CC(C)(C)Cc1noc(C2COCCC2O)n1. The minimum Gasteiger partial charge on any atom is -0.392 e. The van der Waals surface area contributed by atoms with Crippen LogP contribution in [-0.4, -0.2) is 34.6 Å². The van der Waals surface area contributed by atoms with E-state index in [-0.39, 0.29) is 11.3 Å². The lowest BCUT2D eigenvalue weighted by atomic mass is 9.92. The molecule has 17 heavy (non-hydrogen) atoms. The number of ether oxygens (including phenoxy) is 1. The summed E-state index contributed by atoms with van der Waals surface area (Å²) in [6.07, 6.45) is 0.952. The van der Waals surface area contributed by atoms with Gasteiger partial charge >= 0.3 is 0 Å². The maximum absolute atomic E-state index is 9.86. The highest BCUT2D eigenvalue weighted by atomic mass is 16.5. The Morgan fingerprint density at radius 2 is 2.18 bits per heavy atom. The number of aliphatic hydroxyl groups excluding tert-OH is 1. The van der Waals surface area contributed by atoms with Gasteiger partial charge in [-0.2, -0.15) is 4.98 Å².